The molecule has 1 saturated heterocycles. The van der Waals surface area contributed by atoms with Gasteiger partial charge >= 0.3 is 11.1 Å². The second-order valence-corrected chi connectivity index (χ2v) is 12.2. The average Bonchev–Trinajstić information content (AvgIpc) is 3.33. The first-order chi connectivity index (χ1) is 19.2. The van der Waals surface area contributed by atoms with Crippen molar-refractivity contribution in [1.82, 2.24) is 20.2 Å². The van der Waals surface area contributed by atoms with Crippen LogP contribution in [-0.2, 0) is 24.0 Å². The van der Waals surface area contributed by atoms with Crippen molar-refractivity contribution in [2.75, 3.05) is 34.5 Å². The third-order valence-corrected chi connectivity index (χ3v) is 8.97. The number of rotatable bonds is 10. The number of nitrogens with one attached hydrogen (secondary N) is 1. The first-order valence-corrected chi connectivity index (χ1v) is 14.3. The van der Waals surface area contributed by atoms with E-state index in [9.17, 15) is 29.4 Å². The third kappa shape index (κ3) is 5.93. The summed E-state index contributed by atoms with van der Waals surface area (Å²) in [5.41, 5.74) is 15.1. The van der Waals surface area contributed by atoms with Crippen molar-refractivity contribution in [3.8, 4) is 0 Å². The molecule has 0 radical (unpaired) electrons. The molecule has 10 N–H and O–H groups in total. The highest BCUT2D eigenvalue weighted by Crippen LogP contribution is 2.41. The molecule has 2 aliphatic rings. The maximum Gasteiger partial charge on any atom is 0.350 e. The summed E-state index contributed by atoms with van der Waals surface area (Å²) in [7, 11) is 0. The van der Waals surface area contributed by atoms with Crippen LogP contribution in [0.1, 0.15) is 18.7 Å². The van der Waals surface area contributed by atoms with E-state index < -0.39 is 40.8 Å². The zero-order valence-electron chi connectivity index (χ0n) is 21.4. The highest BCUT2D eigenvalue weighted by molar-refractivity contribution is 8.01. The monoisotopic (exact) mass is 624 g/mol. The van der Waals surface area contributed by atoms with Crippen LogP contribution in [0.25, 0.3) is 0 Å². The largest absolute Gasteiger partial charge is 0.543 e. The Morgan fingerprint density at radius 2 is 2.07 bits per heavy atom. The van der Waals surface area contributed by atoms with Crippen LogP contribution in [0.4, 0.5) is 16.8 Å². The molecular formula is C21H24N10O7S3. The standard InChI is InChI=1S/C21H24N10O7S3/c1-21(2,18(36)37)38-29-11(8-4-26-19(24)41-8)14(32)28-12-15(33)30-13(17(34)35)7(5-39-16(12)30)6-40-20-27-9(22)3-10(23)31(20)25/h3-4,12,16H,5-6,25H2,1-2H3,(H8,22,23,24,26,28,29,32,34,35,36,37). The van der Waals surface area contributed by atoms with Crippen molar-refractivity contribution in [2.45, 2.75) is 36.0 Å². The molecule has 2 atom stereocenters. The molecule has 2 aliphatic heterocycles. The van der Waals surface area contributed by atoms with Crippen LogP contribution >= 0.6 is 34.9 Å². The zero-order valence-corrected chi connectivity index (χ0v) is 23.8. The predicted molar refractivity (Wildman–Crippen MR) is 147 cm³/mol. The Labute approximate surface area is 243 Å². The molecule has 1 fully saturated rings. The van der Waals surface area contributed by atoms with E-state index in [4.69, 9.17) is 27.9 Å². The summed E-state index contributed by atoms with van der Waals surface area (Å²) in [5, 5.41) is 27.2. The van der Waals surface area contributed by atoms with E-state index in [1.165, 1.54) is 37.9 Å². The summed E-state index contributed by atoms with van der Waals surface area (Å²) in [6.07, 6.45) is 1.24. The first-order valence-electron chi connectivity index (χ1n) is 11.5. The number of thioether (sulfide) groups is 2. The molecule has 4 heterocycles. The number of amides is 2. The van der Waals surface area contributed by atoms with Gasteiger partial charge in [0.15, 0.2) is 10.8 Å². The van der Waals surface area contributed by atoms with Crippen LogP contribution in [0.3, 0.4) is 0 Å². The van der Waals surface area contributed by atoms with Crippen molar-refractivity contribution in [3.63, 3.8) is 0 Å². The molecule has 218 valence electrons. The van der Waals surface area contributed by atoms with Gasteiger partial charge in [0.2, 0.25) is 17.2 Å². The highest BCUT2D eigenvalue weighted by Gasteiger charge is 2.53. The number of oxime groups is 1. The predicted octanol–water partition coefficient (Wildman–Crippen LogP) is -2.93. The maximum atomic E-state index is 13.2. The molecule has 2 unspecified atom stereocenters. The Balaban J connectivity index is 1.53. The number of aromatic nitrogens is 3. The van der Waals surface area contributed by atoms with Gasteiger partial charge in [-0.25, -0.2) is 9.78 Å². The lowest BCUT2D eigenvalue weighted by Gasteiger charge is -2.50. The van der Waals surface area contributed by atoms with E-state index in [1.54, 1.807) is 0 Å². The van der Waals surface area contributed by atoms with Crippen molar-refractivity contribution in [1.29, 1.82) is 0 Å². The number of carboxylic acids is 2. The summed E-state index contributed by atoms with van der Waals surface area (Å²) < 4.78 is 1.09. The topological polar surface area (TPSA) is 282 Å². The molecule has 17 nitrogen and oxygen atoms in total. The molecule has 0 aromatic carbocycles. The van der Waals surface area contributed by atoms with Crippen molar-refractivity contribution < 1.29 is 38.9 Å². The number of thiazole rings is 1. The Morgan fingerprint density at radius 1 is 1.37 bits per heavy atom. The number of hydrogen-bond donors (Lipinski definition) is 6. The van der Waals surface area contributed by atoms with Crippen LogP contribution in [0, 0.1) is 0 Å². The molecular weight excluding hydrogens is 600 g/mol. The Morgan fingerprint density at radius 3 is 2.68 bits per heavy atom. The zero-order chi connectivity index (χ0) is 30.2. The molecule has 20 heteroatoms. The van der Waals surface area contributed by atoms with Crippen molar-refractivity contribution in [3.05, 3.63) is 28.4 Å². The summed E-state index contributed by atoms with van der Waals surface area (Å²) >= 11 is 3.17. The number of nitrogens with two attached hydrogens (primary N) is 4. The SMILES string of the molecule is CC(C)(O/N=C(\C(=O)NC1C(=O)N2C(C(=O)[O-])=C(CSc3nc(N)cc(N)[n+]3N)CSC12)c1cnc(N)s1)C(=O)O. The van der Waals surface area contributed by atoms with Gasteiger partial charge in [-0.15, -0.1) is 16.4 Å². The van der Waals surface area contributed by atoms with Gasteiger partial charge in [0.25, 0.3) is 11.8 Å². The second kappa shape index (κ2) is 11.3. The summed E-state index contributed by atoms with van der Waals surface area (Å²) in [5.74, 6) is 1.91. The molecule has 4 rings (SSSR count). The number of carboxylic acid groups (broad SMARTS) is 2. The van der Waals surface area contributed by atoms with Gasteiger partial charge < -0.3 is 42.4 Å². The molecule has 2 aromatic rings. The van der Waals surface area contributed by atoms with Crippen LogP contribution in [0.2, 0.25) is 0 Å². The number of anilines is 3. The number of aliphatic carboxylic acids is 2. The van der Waals surface area contributed by atoms with Crippen molar-refractivity contribution in [2.24, 2.45) is 5.16 Å². The number of hydrogen-bond acceptors (Lipinski definition) is 16. The second-order valence-electron chi connectivity index (χ2n) is 9.06. The van der Waals surface area contributed by atoms with Gasteiger partial charge in [0, 0.05) is 17.7 Å². The van der Waals surface area contributed by atoms with E-state index in [2.05, 4.69) is 20.4 Å². The number of carbonyl (C=O) groups is 4. The molecule has 41 heavy (non-hydrogen) atoms. The summed E-state index contributed by atoms with van der Waals surface area (Å²) in [6, 6.07) is 0.240. The van der Waals surface area contributed by atoms with E-state index in [1.807, 2.05) is 0 Å². The first kappa shape index (κ1) is 29.7. The number of carbonyl (C=O) groups excluding carboxylic acids is 3. The number of β-lactam (4-membered cyclic amide) rings is 1. The van der Waals surface area contributed by atoms with E-state index in [0.29, 0.717) is 5.57 Å². The lowest BCUT2D eigenvalue weighted by atomic mass is 10.0. The fourth-order valence-corrected chi connectivity index (χ4v) is 6.66. The number of nitrogen functional groups attached to an aromatic ring is 4. The Bertz CT molecular complexity index is 1510. The fourth-order valence-electron chi connectivity index (χ4n) is 3.57. The number of fused-ring (bicyclic) bond motifs is 1. The van der Waals surface area contributed by atoms with Crippen molar-refractivity contribution >= 4 is 81.1 Å². The van der Waals surface area contributed by atoms with Gasteiger partial charge in [0.1, 0.15) is 11.4 Å². The maximum absolute atomic E-state index is 13.2. The highest BCUT2D eigenvalue weighted by atomic mass is 32.2. The van der Waals surface area contributed by atoms with Crippen LogP contribution < -0.4 is 38.1 Å². The molecule has 2 aromatic heterocycles. The van der Waals surface area contributed by atoms with E-state index in [0.717, 1.165) is 32.7 Å². The van der Waals surface area contributed by atoms with E-state index in [-0.39, 0.29) is 49.7 Å². The summed E-state index contributed by atoms with van der Waals surface area (Å²) in [6.45, 7) is 2.46. The minimum Gasteiger partial charge on any atom is -0.543 e. The Kier molecular flexibility index (Phi) is 8.17. The van der Waals surface area contributed by atoms with Gasteiger partial charge in [-0.1, -0.05) is 21.5 Å². The fraction of sp³-hybridized carbons (Fsp3) is 0.333. The molecule has 0 spiro atoms. The van der Waals surface area contributed by atoms with Crippen LogP contribution in [0.5, 0.6) is 0 Å². The lowest BCUT2D eigenvalue weighted by Crippen LogP contribution is -2.71. The lowest BCUT2D eigenvalue weighted by molar-refractivity contribution is -0.667. The van der Waals surface area contributed by atoms with Crippen LogP contribution in [0.15, 0.2) is 33.8 Å². The van der Waals surface area contributed by atoms with Crippen LogP contribution in [-0.4, -0.2) is 78.0 Å². The van der Waals surface area contributed by atoms with Gasteiger partial charge in [-0.2, -0.15) is 0 Å². The van der Waals surface area contributed by atoms with E-state index >= 15 is 0 Å². The smallest absolute Gasteiger partial charge is 0.350 e. The van der Waals surface area contributed by atoms with Gasteiger partial charge in [0.05, 0.1) is 22.6 Å². The normalized spacial score (nSPS) is 18.9. The summed E-state index contributed by atoms with van der Waals surface area (Å²) in [4.78, 5) is 64.0. The van der Waals surface area contributed by atoms with Gasteiger partial charge in [-0.05, 0) is 31.2 Å². The minimum atomic E-state index is -1.78. The Hall–Kier alpha value is -4.30. The molecule has 0 aliphatic carbocycles. The third-order valence-electron chi connectivity index (χ3n) is 5.76. The molecule has 0 saturated carbocycles. The van der Waals surface area contributed by atoms with Gasteiger partial charge in [-0.3, -0.25) is 20.3 Å². The molecule has 0 bridgehead atoms. The number of nitrogens with zero attached hydrogens (tertiary/aromatic N) is 5. The molecule has 2 amide bonds. The average molecular weight is 625 g/mol. The minimum absolute atomic E-state index is 0.0806. The quantitative estimate of drug-likeness (QED) is 0.0293.